The fourth-order valence-corrected chi connectivity index (χ4v) is 7.40. The molecule has 2 aromatic rings. The van der Waals surface area contributed by atoms with Gasteiger partial charge in [-0.15, -0.1) is 5.10 Å². The fourth-order valence-electron chi connectivity index (χ4n) is 7.14. The van der Waals surface area contributed by atoms with Crippen LogP contribution in [0, 0.1) is 23.7 Å². The van der Waals surface area contributed by atoms with Gasteiger partial charge >= 0.3 is 5.97 Å². The van der Waals surface area contributed by atoms with Gasteiger partial charge in [-0.05, 0) is 69.1 Å². The van der Waals surface area contributed by atoms with Crippen LogP contribution in [0.5, 0.6) is 5.75 Å². The van der Waals surface area contributed by atoms with E-state index in [0.717, 1.165) is 42.5 Å². The third-order valence-electron chi connectivity index (χ3n) is 10.2. The van der Waals surface area contributed by atoms with Crippen LogP contribution in [0.4, 0.5) is 0 Å². The highest BCUT2D eigenvalue weighted by molar-refractivity contribution is 6.31. The lowest BCUT2D eigenvalue weighted by Gasteiger charge is -2.45. The number of aliphatic carboxylic acids is 1. The summed E-state index contributed by atoms with van der Waals surface area (Å²) in [5, 5.41) is 19.1. The van der Waals surface area contributed by atoms with E-state index in [0.29, 0.717) is 61.8 Å². The first-order valence-corrected chi connectivity index (χ1v) is 15.0. The summed E-state index contributed by atoms with van der Waals surface area (Å²) >= 11 is 6.75. The minimum Gasteiger partial charge on any atom is -0.487 e. The van der Waals surface area contributed by atoms with E-state index in [1.807, 2.05) is 35.9 Å². The van der Waals surface area contributed by atoms with E-state index in [-0.39, 0.29) is 23.8 Å². The Balaban J connectivity index is 1.38. The van der Waals surface area contributed by atoms with Crippen molar-refractivity contribution in [3.05, 3.63) is 39.7 Å². The molecule has 41 heavy (non-hydrogen) atoms. The molecule has 4 aliphatic rings. The lowest BCUT2D eigenvalue weighted by atomic mass is 9.66. The van der Waals surface area contributed by atoms with Gasteiger partial charge in [0.05, 0.1) is 23.1 Å². The largest absolute Gasteiger partial charge is 0.487 e. The van der Waals surface area contributed by atoms with E-state index in [1.54, 1.807) is 11.6 Å². The summed E-state index contributed by atoms with van der Waals surface area (Å²) in [5.41, 5.74) is 2.26. The van der Waals surface area contributed by atoms with Crippen molar-refractivity contribution in [3.8, 4) is 5.75 Å². The van der Waals surface area contributed by atoms with Crippen molar-refractivity contribution in [2.45, 2.75) is 77.9 Å². The minimum absolute atomic E-state index is 0.0752. The lowest BCUT2D eigenvalue weighted by Crippen LogP contribution is -2.52. The Morgan fingerprint density at radius 1 is 1.22 bits per heavy atom. The number of halogens is 1. The van der Waals surface area contributed by atoms with E-state index in [2.05, 4.69) is 10.3 Å². The molecule has 1 saturated heterocycles. The summed E-state index contributed by atoms with van der Waals surface area (Å²) in [6.45, 7) is 5.25. The maximum Gasteiger partial charge on any atom is 0.310 e. The molecule has 1 aromatic heterocycles. The van der Waals surface area contributed by atoms with Gasteiger partial charge in [-0.25, -0.2) is 0 Å². The molecule has 1 aromatic carbocycles. The zero-order valence-electron chi connectivity index (χ0n) is 24.0. The Labute approximate surface area is 245 Å². The van der Waals surface area contributed by atoms with Crippen LogP contribution in [-0.4, -0.2) is 67.3 Å². The molecule has 6 rings (SSSR count). The summed E-state index contributed by atoms with van der Waals surface area (Å²) in [6, 6.07) is 3.14. The highest BCUT2D eigenvalue weighted by Gasteiger charge is 2.54. The molecule has 10 nitrogen and oxygen atoms in total. The lowest BCUT2D eigenvalue weighted by molar-refractivity contribution is -0.162. The predicted molar refractivity (Wildman–Crippen MR) is 150 cm³/mol. The quantitative estimate of drug-likeness (QED) is 0.522. The van der Waals surface area contributed by atoms with Gasteiger partial charge in [0, 0.05) is 43.7 Å². The molecule has 3 atom stereocenters. The standard InChI is InChI=1S/C30H38ClN5O5/c1-18-22(32-33-34(18)3)16-41-24-8-7-21(31)19-9-13-36(27(38)20-6-4-5-10-29(20,2)28(39)40)23(26(19)24)15-35-17-30(11-12-30)14-25(35)37/h7-8,20,23H,4-6,9-17H2,1-3H3,(H,39,40)/t20-,23+,29-/m0/s1. The predicted octanol–water partition coefficient (Wildman–Crippen LogP) is 4.08. The number of rotatable bonds is 7. The average molecular weight is 584 g/mol. The number of aryl methyl sites for hydroxylation is 1. The van der Waals surface area contributed by atoms with Gasteiger partial charge in [0.1, 0.15) is 18.1 Å². The number of carboxylic acid groups (broad SMARTS) is 1. The Morgan fingerprint density at radius 2 is 2.00 bits per heavy atom. The number of aromatic nitrogens is 3. The van der Waals surface area contributed by atoms with Crippen molar-refractivity contribution >= 4 is 29.4 Å². The third kappa shape index (κ3) is 4.87. The number of hydrogen-bond donors (Lipinski definition) is 1. The number of carboxylic acids is 1. The molecule has 3 fully saturated rings. The van der Waals surface area contributed by atoms with Crippen molar-refractivity contribution in [2.24, 2.45) is 23.8 Å². The Hall–Kier alpha value is -3.14. The monoisotopic (exact) mass is 583 g/mol. The topological polar surface area (TPSA) is 118 Å². The normalized spacial score (nSPS) is 26.8. The highest BCUT2D eigenvalue weighted by Crippen LogP contribution is 2.54. The maximum atomic E-state index is 14.4. The first-order chi connectivity index (χ1) is 19.5. The van der Waals surface area contributed by atoms with E-state index < -0.39 is 23.3 Å². The molecule has 0 radical (unpaired) electrons. The van der Waals surface area contributed by atoms with Crippen molar-refractivity contribution < 1.29 is 24.2 Å². The number of benzene rings is 1. The van der Waals surface area contributed by atoms with Gasteiger partial charge in [0.15, 0.2) is 0 Å². The van der Waals surface area contributed by atoms with Crippen molar-refractivity contribution in [2.75, 3.05) is 19.6 Å². The second-order valence-electron chi connectivity index (χ2n) is 12.7. The first kappa shape index (κ1) is 28.0. The molecule has 0 bridgehead atoms. The van der Waals surface area contributed by atoms with Gasteiger partial charge in [-0.2, -0.15) is 0 Å². The molecule has 2 amide bonds. The van der Waals surface area contributed by atoms with Crippen molar-refractivity contribution in [1.29, 1.82) is 0 Å². The van der Waals surface area contributed by atoms with Crippen LogP contribution in [0.25, 0.3) is 0 Å². The van der Waals surface area contributed by atoms with Crippen LogP contribution in [0.1, 0.15) is 80.4 Å². The number of fused-ring (bicyclic) bond motifs is 1. The van der Waals surface area contributed by atoms with Gasteiger partial charge in [0.25, 0.3) is 0 Å². The second kappa shape index (κ2) is 10.3. The molecule has 2 aliphatic heterocycles. The van der Waals surface area contributed by atoms with Crippen LogP contribution in [0.15, 0.2) is 12.1 Å². The second-order valence-corrected chi connectivity index (χ2v) is 13.1. The van der Waals surface area contributed by atoms with E-state index in [9.17, 15) is 19.5 Å². The summed E-state index contributed by atoms with van der Waals surface area (Å²) in [4.78, 5) is 43.7. The van der Waals surface area contributed by atoms with Gasteiger partial charge in [-0.1, -0.05) is 29.7 Å². The molecule has 2 aliphatic carbocycles. The Morgan fingerprint density at radius 3 is 2.66 bits per heavy atom. The molecule has 1 N–H and O–H groups in total. The van der Waals surface area contributed by atoms with Crippen molar-refractivity contribution in [1.82, 2.24) is 24.8 Å². The van der Waals surface area contributed by atoms with Crippen LogP contribution >= 0.6 is 11.6 Å². The third-order valence-corrected chi connectivity index (χ3v) is 10.5. The SMILES string of the molecule is Cc1c(COc2ccc(Cl)c3c2[C@@H](CN2CC4(CC4)CC2=O)N(C(=O)[C@@H]2CCCC[C@]2(C)C(=O)O)CC3)nnn1C. The molecule has 3 heterocycles. The molecule has 0 unspecified atom stereocenters. The smallest absolute Gasteiger partial charge is 0.310 e. The first-order valence-electron chi connectivity index (χ1n) is 14.6. The number of amides is 2. The molecule has 1 spiro atoms. The number of carbonyl (C=O) groups is 3. The molecule has 2 saturated carbocycles. The zero-order valence-corrected chi connectivity index (χ0v) is 24.7. The Bertz CT molecular complexity index is 1400. The van der Waals surface area contributed by atoms with Crippen LogP contribution in [-0.2, 0) is 34.5 Å². The van der Waals surface area contributed by atoms with E-state index >= 15 is 0 Å². The number of likely N-dealkylation sites (tertiary alicyclic amines) is 1. The van der Waals surface area contributed by atoms with Crippen LogP contribution < -0.4 is 4.74 Å². The van der Waals surface area contributed by atoms with Crippen LogP contribution in [0.2, 0.25) is 5.02 Å². The van der Waals surface area contributed by atoms with Crippen LogP contribution in [0.3, 0.4) is 0 Å². The van der Waals surface area contributed by atoms with Gasteiger partial charge in [-0.3, -0.25) is 19.1 Å². The number of ether oxygens (including phenoxy) is 1. The van der Waals surface area contributed by atoms with E-state index in [1.165, 1.54) is 0 Å². The zero-order chi connectivity index (χ0) is 29.1. The fraction of sp³-hybridized carbons (Fsp3) is 0.633. The Kier molecular flexibility index (Phi) is 7.03. The molecule has 11 heteroatoms. The highest BCUT2D eigenvalue weighted by atomic mass is 35.5. The summed E-state index contributed by atoms with van der Waals surface area (Å²) in [7, 11) is 1.82. The summed E-state index contributed by atoms with van der Waals surface area (Å²) in [5.74, 6) is -1.02. The number of carbonyl (C=O) groups excluding carboxylic acids is 2. The van der Waals surface area contributed by atoms with Gasteiger partial charge < -0.3 is 19.6 Å². The maximum absolute atomic E-state index is 14.4. The number of hydrogen-bond acceptors (Lipinski definition) is 6. The average Bonchev–Trinajstić information content (AvgIpc) is 3.52. The summed E-state index contributed by atoms with van der Waals surface area (Å²) in [6.07, 6.45) is 5.79. The van der Waals surface area contributed by atoms with E-state index in [4.69, 9.17) is 16.3 Å². The molecular formula is C30H38ClN5O5. The van der Waals surface area contributed by atoms with Crippen molar-refractivity contribution in [3.63, 3.8) is 0 Å². The number of nitrogens with zero attached hydrogens (tertiary/aromatic N) is 5. The summed E-state index contributed by atoms with van der Waals surface area (Å²) < 4.78 is 8.05. The minimum atomic E-state index is -1.13. The van der Waals surface area contributed by atoms with Gasteiger partial charge in [0.2, 0.25) is 11.8 Å². The molecular weight excluding hydrogens is 546 g/mol. The molecule has 220 valence electrons.